The average molecular weight is 327 g/mol. The first-order valence-electron chi connectivity index (χ1n) is 7.67. The molecule has 1 atom stereocenters. The van der Waals surface area contributed by atoms with E-state index in [0.717, 1.165) is 18.4 Å². The molecular formula is C17H23ClO4. The third-order valence-corrected chi connectivity index (χ3v) is 4.25. The van der Waals surface area contributed by atoms with Crippen LogP contribution < -0.4 is 0 Å². The number of hydrogen-bond acceptors (Lipinski definition) is 4. The van der Waals surface area contributed by atoms with Crippen molar-refractivity contribution in [3.63, 3.8) is 0 Å². The van der Waals surface area contributed by atoms with E-state index in [1.807, 2.05) is 30.3 Å². The zero-order valence-corrected chi connectivity index (χ0v) is 13.7. The van der Waals surface area contributed by atoms with Gasteiger partial charge in [0.1, 0.15) is 5.92 Å². The quantitative estimate of drug-likeness (QED) is 0.418. The van der Waals surface area contributed by atoms with Gasteiger partial charge in [-0.3, -0.25) is 4.79 Å². The molecule has 22 heavy (non-hydrogen) atoms. The van der Waals surface area contributed by atoms with E-state index in [0.29, 0.717) is 31.9 Å². The maximum Gasteiger partial charge on any atom is 0.314 e. The van der Waals surface area contributed by atoms with Crippen molar-refractivity contribution < 1.29 is 19.0 Å². The van der Waals surface area contributed by atoms with Gasteiger partial charge in [0.2, 0.25) is 0 Å². The topological polar surface area (TPSA) is 44.8 Å². The van der Waals surface area contributed by atoms with Crippen molar-refractivity contribution in [3.05, 3.63) is 35.9 Å². The molecule has 1 heterocycles. The molecule has 0 bridgehead atoms. The summed E-state index contributed by atoms with van der Waals surface area (Å²) in [6.07, 6.45) is 2.90. The summed E-state index contributed by atoms with van der Waals surface area (Å²) in [5.41, 5.74) is 1.06. The summed E-state index contributed by atoms with van der Waals surface area (Å²) in [7, 11) is 1.40. The van der Waals surface area contributed by atoms with E-state index in [4.69, 9.17) is 25.8 Å². The minimum Gasteiger partial charge on any atom is -0.469 e. The second-order valence-corrected chi connectivity index (χ2v) is 5.80. The van der Waals surface area contributed by atoms with Crippen LogP contribution in [0.5, 0.6) is 0 Å². The van der Waals surface area contributed by atoms with Crippen molar-refractivity contribution in [2.75, 3.05) is 26.2 Å². The normalized spacial score (nSPS) is 18.1. The second kappa shape index (κ2) is 8.51. The number of halogens is 1. The Balaban J connectivity index is 2.18. The van der Waals surface area contributed by atoms with Crippen LogP contribution in [-0.4, -0.2) is 38.0 Å². The van der Waals surface area contributed by atoms with E-state index < -0.39 is 11.7 Å². The van der Waals surface area contributed by atoms with Gasteiger partial charge >= 0.3 is 5.97 Å². The molecule has 5 heteroatoms. The fourth-order valence-electron chi connectivity index (χ4n) is 2.87. The van der Waals surface area contributed by atoms with E-state index in [2.05, 4.69) is 0 Å². The van der Waals surface area contributed by atoms with E-state index in [1.165, 1.54) is 7.11 Å². The van der Waals surface area contributed by atoms with Gasteiger partial charge in [-0.05, 0) is 24.8 Å². The monoisotopic (exact) mass is 326 g/mol. The molecule has 1 saturated heterocycles. The summed E-state index contributed by atoms with van der Waals surface area (Å²) in [4.78, 5) is 12.3. The Kier molecular flexibility index (Phi) is 6.68. The molecule has 0 saturated carbocycles. The van der Waals surface area contributed by atoms with Crippen molar-refractivity contribution in [3.8, 4) is 0 Å². The fourth-order valence-corrected chi connectivity index (χ4v) is 3.06. The molecule has 122 valence electrons. The maximum absolute atomic E-state index is 12.3. The smallest absolute Gasteiger partial charge is 0.314 e. The van der Waals surface area contributed by atoms with Gasteiger partial charge < -0.3 is 14.2 Å². The van der Waals surface area contributed by atoms with Crippen molar-refractivity contribution in [1.29, 1.82) is 0 Å². The highest BCUT2D eigenvalue weighted by Crippen LogP contribution is 2.36. The molecule has 1 unspecified atom stereocenters. The van der Waals surface area contributed by atoms with Crippen LogP contribution in [0.15, 0.2) is 30.3 Å². The Hall–Kier alpha value is -1.10. The van der Waals surface area contributed by atoms with Crippen LogP contribution in [0.1, 0.15) is 24.8 Å². The number of rotatable bonds is 8. The summed E-state index contributed by atoms with van der Waals surface area (Å²) in [6.45, 7) is 1.01. The fraction of sp³-hybridized carbons (Fsp3) is 0.588. The SMILES string of the molecule is COC(=O)C(Cc1ccccc1)C1(CCCCCl)OCCO1. The minimum absolute atomic E-state index is 0.295. The molecule has 1 aliphatic rings. The van der Waals surface area contributed by atoms with Crippen molar-refractivity contribution >= 4 is 17.6 Å². The van der Waals surface area contributed by atoms with E-state index in [9.17, 15) is 4.79 Å². The first-order valence-corrected chi connectivity index (χ1v) is 8.21. The number of methoxy groups -OCH3 is 1. The lowest BCUT2D eigenvalue weighted by molar-refractivity contribution is -0.212. The Morgan fingerprint density at radius 2 is 1.95 bits per heavy atom. The van der Waals surface area contributed by atoms with E-state index >= 15 is 0 Å². The molecule has 1 fully saturated rings. The van der Waals surface area contributed by atoms with E-state index in [-0.39, 0.29) is 5.97 Å². The standard InChI is InChI=1S/C17H23ClO4/c1-20-16(19)15(13-14-7-3-2-4-8-14)17(9-5-6-10-18)21-11-12-22-17/h2-4,7-8,15H,5-6,9-13H2,1H3. The van der Waals surface area contributed by atoms with Crippen LogP contribution in [0, 0.1) is 5.92 Å². The Morgan fingerprint density at radius 1 is 1.27 bits per heavy atom. The molecule has 0 N–H and O–H groups in total. The van der Waals surface area contributed by atoms with Crippen LogP contribution in [0.2, 0.25) is 0 Å². The highest BCUT2D eigenvalue weighted by Gasteiger charge is 2.48. The van der Waals surface area contributed by atoms with Gasteiger partial charge in [0.25, 0.3) is 0 Å². The molecule has 4 nitrogen and oxygen atoms in total. The van der Waals surface area contributed by atoms with Gasteiger partial charge in [0.05, 0.1) is 20.3 Å². The van der Waals surface area contributed by atoms with Crippen molar-refractivity contribution in [2.45, 2.75) is 31.5 Å². The number of hydrogen-bond donors (Lipinski definition) is 0. The molecule has 0 aliphatic carbocycles. The molecule has 0 amide bonds. The van der Waals surface area contributed by atoms with Crippen LogP contribution in [-0.2, 0) is 25.4 Å². The van der Waals surface area contributed by atoms with Crippen LogP contribution in [0.25, 0.3) is 0 Å². The Morgan fingerprint density at radius 3 is 2.55 bits per heavy atom. The number of ether oxygens (including phenoxy) is 3. The number of carbonyl (C=O) groups excluding carboxylic acids is 1. The summed E-state index contributed by atoms with van der Waals surface area (Å²) in [6, 6.07) is 9.87. The predicted octanol–water partition coefficient (Wildman–Crippen LogP) is 3.17. The molecule has 0 aromatic heterocycles. The van der Waals surface area contributed by atoms with Crippen molar-refractivity contribution in [1.82, 2.24) is 0 Å². The van der Waals surface area contributed by atoms with Gasteiger partial charge in [0.15, 0.2) is 5.79 Å². The summed E-state index contributed by atoms with van der Waals surface area (Å²) in [5, 5.41) is 0. The molecule has 2 rings (SSSR count). The number of unbranched alkanes of at least 4 members (excludes halogenated alkanes) is 1. The van der Waals surface area contributed by atoms with Gasteiger partial charge in [-0.2, -0.15) is 0 Å². The second-order valence-electron chi connectivity index (χ2n) is 5.42. The highest BCUT2D eigenvalue weighted by atomic mass is 35.5. The lowest BCUT2D eigenvalue weighted by Gasteiger charge is -2.34. The first-order chi connectivity index (χ1) is 10.7. The lowest BCUT2D eigenvalue weighted by Crippen LogP contribution is -2.45. The van der Waals surface area contributed by atoms with Crippen LogP contribution in [0.4, 0.5) is 0 Å². The third-order valence-electron chi connectivity index (χ3n) is 3.98. The minimum atomic E-state index is -0.894. The number of alkyl halides is 1. The zero-order chi connectivity index (χ0) is 15.8. The average Bonchev–Trinajstić information content (AvgIpc) is 3.03. The third kappa shape index (κ3) is 4.22. The van der Waals surface area contributed by atoms with Crippen molar-refractivity contribution in [2.24, 2.45) is 5.92 Å². The predicted molar refractivity (Wildman–Crippen MR) is 84.9 cm³/mol. The molecule has 0 radical (unpaired) electrons. The maximum atomic E-state index is 12.3. The zero-order valence-electron chi connectivity index (χ0n) is 12.9. The lowest BCUT2D eigenvalue weighted by atomic mass is 9.87. The van der Waals surface area contributed by atoms with Gasteiger partial charge in [-0.15, -0.1) is 11.6 Å². The molecule has 1 aromatic carbocycles. The van der Waals surface area contributed by atoms with E-state index in [1.54, 1.807) is 0 Å². The first kappa shape index (κ1) is 17.3. The number of benzene rings is 1. The molecule has 1 aliphatic heterocycles. The van der Waals surface area contributed by atoms with Gasteiger partial charge in [-0.25, -0.2) is 0 Å². The summed E-state index contributed by atoms with van der Waals surface area (Å²) in [5.74, 6) is -1.07. The van der Waals surface area contributed by atoms with Gasteiger partial charge in [0, 0.05) is 12.3 Å². The summed E-state index contributed by atoms with van der Waals surface area (Å²) >= 11 is 5.76. The van der Waals surface area contributed by atoms with Crippen LogP contribution >= 0.6 is 11.6 Å². The highest BCUT2D eigenvalue weighted by molar-refractivity contribution is 6.17. The molecule has 0 spiro atoms. The largest absolute Gasteiger partial charge is 0.469 e. The van der Waals surface area contributed by atoms with Crippen LogP contribution in [0.3, 0.4) is 0 Å². The Labute approximate surface area is 136 Å². The van der Waals surface area contributed by atoms with Gasteiger partial charge in [-0.1, -0.05) is 30.3 Å². The summed E-state index contributed by atoms with van der Waals surface area (Å²) < 4.78 is 16.8. The molecule has 1 aromatic rings. The molecular weight excluding hydrogens is 304 g/mol. The number of esters is 1. The number of carbonyl (C=O) groups is 1. The Bertz CT molecular complexity index is 457.